The Hall–Kier alpha value is -0.600. The molecule has 3 heteroatoms. The fourth-order valence-electron chi connectivity index (χ4n) is 0. The van der Waals surface area contributed by atoms with Gasteiger partial charge in [0.1, 0.15) is 0 Å². The molecule has 0 fully saturated rings. The third-order valence-electron chi connectivity index (χ3n) is 0.0680. The second-order valence-corrected chi connectivity index (χ2v) is 0.204. The minimum Gasteiger partial charge on any atom is -0.0776 e. The number of hydrogen-bond donors (Lipinski definition) is 0. The van der Waals surface area contributed by atoms with Crippen molar-refractivity contribution in [2.75, 3.05) is 0 Å². The Morgan fingerprint density at radius 1 is 0.750 bits per heavy atom. The molecule has 0 saturated carbocycles. The molecule has 1 rings (SSSR count). The van der Waals surface area contributed by atoms with Gasteiger partial charge in [0.15, 0.2) is 0 Å². The van der Waals surface area contributed by atoms with E-state index in [2.05, 4.69) is 14.2 Å². The van der Waals surface area contributed by atoms with Gasteiger partial charge < -0.3 is 0 Å². The molecule has 4 heavy (non-hydrogen) atoms. The van der Waals surface area contributed by atoms with E-state index in [0.29, 0.717) is 0 Å². The minimum atomic E-state index is 0. The van der Waals surface area contributed by atoms with E-state index >= 15 is 0 Å². The molecule has 0 spiro atoms. The van der Waals surface area contributed by atoms with Crippen LogP contribution in [0.3, 0.4) is 0 Å². The van der Waals surface area contributed by atoms with Crippen LogP contribution in [0.25, 0.3) is 0 Å². The lowest BCUT2D eigenvalue weighted by molar-refractivity contribution is 0.264. The molecule has 0 unspecified atom stereocenters. The van der Waals surface area contributed by atoms with Crippen LogP contribution in [0, 0.1) is 0 Å². The lowest BCUT2D eigenvalue weighted by atomic mass is 12.0. The fraction of sp³-hybridized carbons (Fsp3) is 1.00. The van der Waals surface area contributed by atoms with Crippen molar-refractivity contribution in [3.8, 4) is 0 Å². The van der Waals surface area contributed by atoms with Crippen LogP contribution in [0.2, 0.25) is 0 Å². The third kappa shape index (κ3) is 1.40. The highest BCUT2D eigenvalue weighted by molar-refractivity contribution is 2.71. The van der Waals surface area contributed by atoms with Gasteiger partial charge in [-0.3, -0.25) is 0 Å². The van der Waals surface area contributed by atoms with Crippen molar-refractivity contribution in [1.82, 2.24) is 0 Å². The fourth-order valence-corrected chi connectivity index (χ4v) is 0. The topological polar surface area (TPSA) is 39.4 Å². The molecule has 1 heterocycles. The molecule has 0 aliphatic heterocycles. The average Bonchev–Trinajstić information content (AvgIpc) is 1.46. The van der Waals surface area contributed by atoms with Gasteiger partial charge in [-0.15, -0.1) is 0 Å². The average molecular weight is 64.0 g/mol. The quantitative estimate of drug-likeness (QED) is 0.424. The summed E-state index contributed by atoms with van der Waals surface area (Å²) in [6, 6.07) is 0. The summed E-state index contributed by atoms with van der Waals surface area (Å²) in [6.45, 7) is 0. The van der Waals surface area contributed by atoms with Gasteiger partial charge in [-0.25, -0.2) is 0 Å². The number of rotatable bonds is 0. The van der Waals surface area contributed by atoms with Crippen LogP contribution >= 0.6 is 0 Å². The van der Waals surface area contributed by atoms with Crippen molar-refractivity contribution in [2.45, 2.75) is 7.43 Å². The Labute approximate surface area is 23.0 Å². The van der Waals surface area contributed by atoms with Crippen LogP contribution in [0.1, 0.15) is 7.43 Å². The van der Waals surface area contributed by atoms with E-state index in [-0.39, 0.29) is 7.43 Å². The maximum absolute atomic E-state index is 3.50. The molecule has 0 aliphatic rings. The lowest BCUT2D eigenvalue weighted by Crippen LogP contribution is -0.661. The van der Waals surface area contributed by atoms with Gasteiger partial charge in [0.05, 0.1) is 0 Å². The molecule has 0 amide bonds. The second kappa shape index (κ2) is 0.817. The maximum atomic E-state index is 3.50. The van der Waals surface area contributed by atoms with Crippen LogP contribution < -0.4 is 0 Å². The molecule has 0 radical (unpaired) electrons. The van der Waals surface area contributed by atoms with Crippen LogP contribution in [-0.4, -0.2) is 0 Å². The van der Waals surface area contributed by atoms with Crippen molar-refractivity contribution < 1.29 is 14.2 Å². The van der Waals surface area contributed by atoms with Crippen LogP contribution in [0.4, 0.5) is 0 Å². The summed E-state index contributed by atoms with van der Waals surface area (Å²) in [5, 5.41) is 0. The molecule has 0 N–H and O–H groups in total. The van der Waals surface area contributed by atoms with Gasteiger partial charge in [-0.05, 0) is 0 Å². The first kappa shape index (κ1) is 3.40. The van der Waals surface area contributed by atoms with Crippen molar-refractivity contribution in [1.29, 1.82) is 0 Å². The predicted octanol–water partition coefficient (Wildman–Crippen LogP) is 1.10. The van der Waals surface area contributed by atoms with Gasteiger partial charge in [-0.1, -0.05) is 7.43 Å². The predicted molar refractivity (Wildman–Crippen MR) is 9.97 cm³/mol. The lowest BCUT2D eigenvalue weighted by Gasteiger charge is -0.816. The Morgan fingerprint density at radius 2 is 1.00 bits per heavy atom. The second-order valence-electron chi connectivity index (χ2n) is 0.204. The van der Waals surface area contributed by atoms with Crippen LogP contribution in [0.15, 0.2) is 14.2 Å². The highest BCUT2D eigenvalue weighted by atomic mass is 17.6. The zero-order valence-electron chi connectivity index (χ0n) is 1.22. The first-order valence-electron chi connectivity index (χ1n) is 0.500. The highest BCUT2D eigenvalue weighted by Crippen LogP contribution is 1.79. The summed E-state index contributed by atoms with van der Waals surface area (Å²) < 4.78 is 10.5. The summed E-state index contributed by atoms with van der Waals surface area (Å²) in [5.74, 6) is 0. The summed E-state index contributed by atoms with van der Waals surface area (Å²) in [7, 11) is 0. The minimum absolute atomic E-state index is 0. The highest BCUT2D eigenvalue weighted by Gasteiger charge is 1.63. The molecule has 0 bridgehead atoms. The summed E-state index contributed by atoms with van der Waals surface area (Å²) in [6.07, 6.45) is 0. The zero-order valence-corrected chi connectivity index (χ0v) is 1.22. The van der Waals surface area contributed by atoms with Crippen molar-refractivity contribution >= 4 is 0 Å². The smallest absolute Gasteiger partial charge is 0 e. The Bertz CT molecular complexity index is 31.4. The van der Waals surface area contributed by atoms with Crippen LogP contribution in [-0.2, 0) is 0 Å². The molecule has 0 aliphatic carbocycles. The molecular weight excluding hydrogens is 60.0 g/mol. The van der Waals surface area contributed by atoms with E-state index in [9.17, 15) is 0 Å². The van der Waals surface area contributed by atoms with E-state index in [1.165, 1.54) is 0 Å². The Kier molecular flexibility index (Phi) is 0.694. The largest absolute Gasteiger partial charge is 0.0776 e. The number of hydrogen-bond acceptors (Lipinski definition) is 3. The molecule has 0 saturated heterocycles. The summed E-state index contributed by atoms with van der Waals surface area (Å²) >= 11 is 0. The van der Waals surface area contributed by atoms with Crippen molar-refractivity contribution in [3.05, 3.63) is 0 Å². The standard InChI is InChI=1S/CH4.O3/c;1-2-3-1/h1H4;. The molecule has 1 aromatic heterocycles. The van der Waals surface area contributed by atoms with Gasteiger partial charge in [0, 0.05) is 14.2 Å². The Balaban J connectivity index is 0.0000000900. The van der Waals surface area contributed by atoms with E-state index in [0.717, 1.165) is 0 Å². The normalized spacial score (nSPS) is 6.00. The first-order chi connectivity index (χ1) is 1.50. The molecule has 0 aromatic carbocycles. The summed E-state index contributed by atoms with van der Waals surface area (Å²) in [4.78, 5) is 0. The van der Waals surface area contributed by atoms with E-state index in [1.807, 2.05) is 0 Å². The molecule has 1 aromatic rings. The van der Waals surface area contributed by atoms with Gasteiger partial charge >= 0.3 is 0 Å². The molecular formula is CH4O3. The Morgan fingerprint density at radius 3 is 1.00 bits per heavy atom. The monoisotopic (exact) mass is 64.0 g/mol. The molecule has 26 valence electrons. The molecule has 3 nitrogen and oxygen atoms in total. The SMILES string of the molecule is C.o1oo1. The van der Waals surface area contributed by atoms with E-state index in [4.69, 9.17) is 0 Å². The first-order valence-corrected chi connectivity index (χ1v) is 0.500. The van der Waals surface area contributed by atoms with Gasteiger partial charge in [-0.2, -0.15) is 0 Å². The zero-order chi connectivity index (χ0) is 2.12. The van der Waals surface area contributed by atoms with Crippen molar-refractivity contribution in [2.24, 2.45) is 0 Å². The van der Waals surface area contributed by atoms with Crippen LogP contribution in [0.5, 0.6) is 0 Å². The van der Waals surface area contributed by atoms with E-state index in [1.54, 1.807) is 0 Å². The molecule has 0 atom stereocenters. The summed E-state index contributed by atoms with van der Waals surface area (Å²) in [5.41, 5.74) is 0. The third-order valence-corrected chi connectivity index (χ3v) is 0.0680. The van der Waals surface area contributed by atoms with Gasteiger partial charge in [0.25, 0.3) is 0 Å². The maximum Gasteiger partial charge on any atom is 0 e. The van der Waals surface area contributed by atoms with E-state index < -0.39 is 0 Å². The van der Waals surface area contributed by atoms with Crippen molar-refractivity contribution in [3.63, 3.8) is 0 Å². The van der Waals surface area contributed by atoms with Gasteiger partial charge in [0.2, 0.25) is 0 Å².